The van der Waals surface area contributed by atoms with Crippen molar-refractivity contribution in [2.75, 3.05) is 11.6 Å². The van der Waals surface area contributed by atoms with Gasteiger partial charge in [-0.05, 0) is 12.1 Å². The molecule has 0 heterocycles. The molecule has 70 valence electrons. The summed E-state index contributed by atoms with van der Waals surface area (Å²) in [6, 6.07) is 6.63. The zero-order valence-electron chi connectivity index (χ0n) is 6.77. The van der Waals surface area contributed by atoms with E-state index in [4.69, 9.17) is 22.6 Å². The molecule has 0 radical (unpaired) electrons. The maximum Gasteiger partial charge on any atom is 0.266 e. The molecule has 1 aromatic rings. The molecule has 1 amide bonds. The second-order valence-corrected chi connectivity index (χ2v) is 2.78. The zero-order chi connectivity index (χ0) is 9.84. The minimum absolute atomic E-state index is 0.367. The fourth-order valence-electron chi connectivity index (χ4n) is 0.858. The van der Waals surface area contributed by atoms with Crippen LogP contribution in [0.3, 0.4) is 0 Å². The number of hydrogen-bond acceptors (Lipinski definition) is 3. The van der Waals surface area contributed by atoms with Crippen molar-refractivity contribution in [2.45, 2.75) is 0 Å². The number of nitrogens with zero attached hydrogens (tertiary/aromatic N) is 1. The average molecular weight is 201 g/mol. The number of benzene rings is 1. The molecule has 0 saturated carbocycles. The van der Waals surface area contributed by atoms with Gasteiger partial charge in [0.15, 0.2) is 0 Å². The van der Waals surface area contributed by atoms with Crippen molar-refractivity contribution in [1.29, 1.82) is 0 Å². The Bertz CT molecular complexity index is 317. The summed E-state index contributed by atoms with van der Waals surface area (Å²) in [5, 5.41) is 9.73. The maximum absolute atomic E-state index is 11.0. The van der Waals surface area contributed by atoms with Crippen LogP contribution in [0.5, 0.6) is 0 Å². The fraction of sp³-hybridized carbons (Fsp3) is 0.125. The van der Waals surface area contributed by atoms with Crippen LogP contribution in [-0.4, -0.2) is 17.6 Å². The molecule has 5 heteroatoms. The van der Waals surface area contributed by atoms with Crippen LogP contribution in [0.4, 0.5) is 5.69 Å². The first kappa shape index (κ1) is 9.98. The fourth-order valence-corrected chi connectivity index (χ4v) is 1.08. The van der Waals surface area contributed by atoms with Gasteiger partial charge < -0.3 is 5.11 Å². The average Bonchev–Trinajstić information content (AvgIpc) is 2.16. The lowest BCUT2D eigenvalue weighted by Gasteiger charge is -2.16. The molecule has 0 bridgehead atoms. The number of amides is 1. The lowest BCUT2D eigenvalue weighted by molar-refractivity contribution is -0.121. The Kier molecular flexibility index (Phi) is 3.25. The Morgan fingerprint density at radius 3 is 2.69 bits per heavy atom. The van der Waals surface area contributed by atoms with E-state index in [2.05, 4.69) is 0 Å². The summed E-state index contributed by atoms with van der Waals surface area (Å²) in [7, 11) is 0. The molecule has 0 aliphatic heterocycles. The number of rotatable bonds is 2. The maximum atomic E-state index is 11.0. The van der Waals surface area contributed by atoms with Crippen molar-refractivity contribution in [3.8, 4) is 0 Å². The highest BCUT2D eigenvalue weighted by molar-refractivity contribution is 6.33. The molecule has 1 aromatic carbocycles. The summed E-state index contributed by atoms with van der Waals surface area (Å²) >= 11 is 5.76. The molecule has 0 atom stereocenters. The van der Waals surface area contributed by atoms with E-state index in [9.17, 15) is 4.79 Å². The number of hydrazine groups is 1. The Morgan fingerprint density at radius 2 is 2.15 bits per heavy atom. The van der Waals surface area contributed by atoms with Crippen molar-refractivity contribution in [3.63, 3.8) is 0 Å². The quantitative estimate of drug-likeness (QED) is 0.416. The van der Waals surface area contributed by atoms with Gasteiger partial charge in [-0.1, -0.05) is 23.7 Å². The van der Waals surface area contributed by atoms with E-state index in [1.54, 1.807) is 24.3 Å². The van der Waals surface area contributed by atoms with Gasteiger partial charge in [0.05, 0.1) is 10.7 Å². The highest BCUT2D eigenvalue weighted by Gasteiger charge is 2.12. The summed E-state index contributed by atoms with van der Waals surface area (Å²) in [6.07, 6.45) is 0. The van der Waals surface area contributed by atoms with Crippen LogP contribution in [-0.2, 0) is 4.79 Å². The van der Waals surface area contributed by atoms with Crippen molar-refractivity contribution in [3.05, 3.63) is 29.3 Å². The zero-order valence-corrected chi connectivity index (χ0v) is 7.53. The number of anilines is 1. The molecule has 1 rings (SSSR count). The first-order valence-electron chi connectivity index (χ1n) is 3.60. The van der Waals surface area contributed by atoms with Crippen molar-refractivity contribution in [2.24, 2.45) is 5.84 Å². The van der Waals surface area contributed by atoms with Crippen LogP contribution in [0.2, 0.25) is 5.02 Å². The van der Waals surface area contributed by atoms with E-state index in [0.717, 1.165) is 5.01 Å². The second-order valence-electron chi connectivity index (χ2n) is 2.37. The molecule has 0 unspecified atom stereocenters. The van der Waals surface area contributed by atoms with Crippen molar-refractivity contribution in [1.82, 2.24) is 0 Å². The molecule has 0 aromatic heterocycles. The molecule has 3 N–H and O–H groups in total. The molecular weight excluding hydrogens is 192 g/mol. The Balaban J connectivity index is 2.95. The van der Waals surface area contributed by atoms with Gasteiger partial charge >= 0.3 is 0 Å². The van der Waals surface area contributed by atoms with Gasteiger partial charge in [-0.15, -0.1) is 0 Å². The Hall–Kier alpha value is -1.10. The standard InChI is InChI=1S/C8H9ClN2O2/c9-6-3-1-2-4-7(6)11(10)8(13)5-12/h1-4,12H,5,10H2. The van der Waals surface area contributed by atoms with E-state index < -0.39 is 12.5 Å². The third-order valence-corrected chi connectivity index (χ3v) is 1.84. The van der Waals surface area contributed by atoms with Crippen LogP contribution in [0.15, 0.2) is 24.3 Å². The van der Waals surface area contributed by atoms with Gasteiger partial charge in [-0.25, -0.2) is 10.9 Å². The molecule has 13 heavy (non-hydrogen) atoms. The van der Waals surface area contributed by atoms with Gasteiger partial charge in [-0.2, -0.15) is 0 Å². The number of carbonyl (C=O) groups excluding carboxylic acids is 1. The molecule has 0 aliphatic rings. The smallest absolute Gasteiger partial charge is 0.266 e. The van der Waals surface area contributed by atoms with Gasteiger partial charge in [0.2, 0.25) is 0 Å². The number of aliphatic hydroxyl groups excluding tert-OH is 1. The third kappa shape index (κ3) is 2.18. The largest absolute Gasteiger partial charge is 0.386 e. The lowest BCUT2D eigenvalue weighted by atomic mass is 10.3. The summed E-state index contributed by atoms with van der Waals surface area (Å²) in [5.41, 5.74) is 0.378. The van der Waals surface area contributed by atoms with Crippen LogP contribution in [0, 0.1) is 0 Å². The minimum Gasteiger partial charge on any atom is -0.386 e. The Labute approximate surface area is 80.5 Å². The molecule has 0 spiro atoms. The number of halogens is 1. The number of hydrogen-bond donors (Lipinski definition) is 2. The number of aliphatic hydroxyl groups is 1. The highest BCUT2D eigenvalue weighted by Crippen LogP contribution is 2.22. The normalized spacial score (nSPS) is 9.77. The van der Waals surface area contributed by atoms with E-state index in [0.29, 0.717) is 10.7 Å². The van der Waals surface area contributed by atoms with Gasteiger partial charge in [-0.3, -0.25) is 4.79 Å². The first-order valence-corrected chi connectivity index (χ1v) is 3.97. The monoisotopic (exact) mass is 200 g/mol. The Morgan fingerprint density at radius 1 is 1.54 bits per heavy atom. The highest BCUT2D eigenvalue weighted by atomic mass is 35.5. The van der Waals surface area contributed by atoms with E-state index >= 15 is 0 Å². The van der Waals surface area contributed by atoms with Crippen LogP contribution in [0.25, 0.3) is 0 Å². The molecular formula is C8H9ClN2O2. The number of carbonyl (C=O) groups is 1. The third-order valence-electron chi connectivity index (χ3n) is 1.52. The van der Waals surface area contributed by atoms with Crippen LogP contribution < -0.4 is 10.9 Å². The van der Waals surface area contributed by atoms with Crippen molar-refractivity contribution < 1.29 is 9.90 Å². The molecule has 0 fully saturated rings. The summed E-state index contributed by atoms with van der Waals surface area (Å²) < 4.78 is 0. The van der Waals surface area contributed by atoms with E-state index in [-0.39, 0.29) is 0 Å². The molecule has 4 nitrogen and oxygen atoms in total. The predicted molar refractivity (Wildman–Crippen MR) is 50.2 cm³/mol. The van der Waals surface area contributed by atoms with Crippen LogP contribution in [0.1, 0.15) is 0 Å². The summed E-state index contributed by atoms with van der Waals surface area (Å²) in [4.78, 5) is 11.0. The summed E-state index contributed by atoms with van der Waals surface area (Å²) in [5.74, 6) is 4.79. The van der Waals surface area contributed by atoms with Gasteiger partial charge in [0.25, 0.3) is 5.91 Å². The number of nitrogens with two attached hydrogens (primary N) is 1. The molecule has 0 aliphatic carbocycles. The second kappa shape index (κ2) is 4.23. The van der Waals surface area contributed by atoms with E-state index in [1.165, 1.54) is 0 Å². The predicted octanol–water partition coefficient (Wildman–Crippen LogP) is 0.539. The SMILES string of the molecule is NN(C(=O)CO)c1ccccc1Cl. The van der Waals surface area contributed by atoms with Crippen LogP contribution >= 0.6 is 11.6 Å². The number of para-hydroxylation sites is 1. The van der Waals surface area contributed by atoms with Gasteiger partial charge in [0, 0.05) is 0 Å². The first-order chi connectivity index (χ1) is 6.16. The topological polar surface area (TPSA) is 66.6 Å². The minimum atomic E-state index is -0.637. The van der Waals surface area contributed by atoms with Gasteiger partial charge in [0.1, 0.15) is 6.61 Å². The van der Waals surface area contributed by atoms with E-state index in [1.807, 2.05) is 0 Å². The molecule has 0 saturated heterocycles. The summed E-state index contributed by atoms with van der Waals surface area (Å²) in [6.45, 7) is -0.637. The van der Waals surface area contributed by atoms with Crippen molar-refractivity contribution >= 4 is 23.2 Å². The lowest BCUT2D eigenvalue weighted by Crippen LogP contribution is -2.39.